The number of nitrogens with zero attached hydrogens (tertiary/aromatic N) is 1. The average molecular weight is 237 g/mol. The van der Waals surface area contributed by atoms with E-state index in [1.807, 2.05) is 6.92 Å². The van der Waals surface area contributed by atoms with E-state index in [2.05, 4.69) is 13.8 Å². The predicted octanol–water partition coefficient (Wildman–Crippen LogP) is 3.13. The minimum atomic E-state index is -0.717. The second-order valence-corrected chi connectivity index (χ2v) is 4.82. The van der Waals surface area contributed by atoms with Gasteiger partial charge in [-0.3, -0.25) is 10.1 Å². The first-order valence-electron chi connectivity index (χ1n) is 5.56. The summed E-state index contributed by atoms with van der Waals surface area (Å²) in [6.07, 6.45) is 0.732. The van der Waals surface area contributed by atoms with Crippen LogP contribution in [0.1, 0.15) is 27.2 Å². The number of non-ortho nitro benzene ring substituents is 1. The van der Waals surface area contributed by atoms with E-state index in [0.717, 1.165) is 6.42 Å². The van der Waals surface area contributed by atoms with Crippen molar-refractivity contribution in [3.8, 4) is 11.5 Å². The van der Waals surface area contributed by atoms with E-state index in [9.17, 15) is 10.1 Å². The van der Waals surface area contributed by atoms with Crippen LogP contribution in [-0.2, 0) is 0 Å². The lowest BCUT2D eigenvalue weighted by atomic mass is 10.0. The Kier molecular flexibility index (Phi) is 2.69. The van der Waals surface area contributed by atoms with E-state index >= 15 is 0 Å². The van der Waals surface area contributed by atoms with Crippen LogP contribution in [0.3, 0.4) is 0 Å². The minimum Gasteiger partial charge on any atom is -0.449 e. The van der Waals surface area contributed by atoms with Crippen molar-refractivity contribution in [3.63, 3.8) is 0 Å². The lowest BCUT2D eigenvalue weighted by Gasteiger charge is -2.24. The molecule has 92 valence electrons. The van der Waals surface area contributed by atoms with Crippen LogP contribution in [0.4, 0.5) is 5.69 Å². The van der Waals surface area contributed by atoms with Crippen molar-refractivity contribution >= 4 is 5.69 Å². The summed E-state index contributed by atoms with van der Waals surface area (Å²) in [6.45, 7) is 5.99. The van der Waals surface area contributed by atoms with Crippen molar-refractivity contribution in [1.82, 2.24) is 0 Å². The van der Waals surface area contributed by atoms with E-state index in [4.69, 9.17) is 9.47 Å². The van der Waals surface area contributed by atoms with Gasteiger partial charge in [-0.2, -0.15) is 0 Å². The molecule has 5 heteroatoms. The number of benzene rings is 1. The van der Waals surface area contributed by atoms with Gasteiger partial charge < -0.3 is 9.47 Å². The largest absolute Gasteiger partial charge is 0.449 e. The Balaban J connectivity index is 2.24. The predicted molar refractivity (Wildman–Crippen MR) is 62.2 cm³/mol. The number of nitro groups is 1. The lowest BCUT2D eigenvalue weighted by Crippen LogP contribution is -2.36. The van der Waals surface area contributed by atoms with Gasteiger partial charge in [-0.25, -0.2) is 0 Å². The Morgan fingerprint density at radius 1 is 1.35 bits per heavy atom. The molecular formula is C12H15NO4. The zero-order chi connectivity index (χ0) is 12.6. The summed E-state index contributed by atoms with van der Waals surface area (Å²) in [6, 6.07) is 4.41. The van der Waals surface area contributed by atoms with Crippen LogP contribution < -0.4 is 9.47 Å². The first-order chi connectivity index (χ1) is 7.89. The molecule has 1 aromatic rings. The highest BCUT2D eigenvalue weighted by atomic mass is 16.7. The van der Waals surface area contributed by atoms with Crippen LogP contribution in [0.15, 0.2) is 18.2 Å². The van der Waals surface area contributed by atoms with Crippen molar-refractivity contribution < 1.29 is 14.4 Å². The molecule has 0 fully saturated rings. The molecular weight excluding hydrogens is 222 g/mol. The number of hydrogen-bond acceptors (Lipinski definition) is 4. The Hall–Kier alpha value is -1.78. The number of fused-ring (bicyclic) bond motifs is 1. The van der Waals surface area contributed by atoms with Gasteiger partial charge in [-0.1, -0.05) is 13.8 Å². The quantitative estimate of drug-likeness (QED) is 0.598. The van der Waals surface area contributed by atoms with Crippen LogP contribution in [0.2, 0.25) is 0 Å². The second-order valence-electron chi connectivity index (χ2n) is 4.82. The van der Waals surface area contributed by atoms with Gasteiger partial charge in [0.2, 0.25) is 5.79 Å². The number of rotatable bonds is 3. The Morgan fingerprint density at radius 2 is 2.00 bits per heavy atom. The topological polar surface area (TPSA) is 61.6 Å². The van der Waals surface area contributed by atoms with Gasteiger partial charge in [0.15, 0.2) is 11.5 Å². The summed E-state index contributed by atoms with van der Waals surface area (Å²) in [5, 5.41) is 10.6. The van der Waals surface area contributed by atoms with Crippen molar-refractivity contribution in [1.29, 1.82) is 0 Å². The van der Waals surface area contributed by atoms with Crippen molar-refractivity contribution in [2.45, 2.75) is 33.0 Å². The molecule has 2 rings (SSSR count). The first kappa shape index (κ1) is 11.7. The number of ether oxygens (including phenoxy) is 2. The van der Waals surface area contributed by atoms with Crippen molar-refractivity contribution in [2.75, 3.05) is 0 Å². The van der Waals surface area contributed by atoms with E-state index in [1.54, 1.807) is 6.07 Å². The van der Waals surface area contributed by atoms with E-state index in [0.29, 0.717) is 17.4 Å². The number of nitro benzene ring substituents is 1. The van der Waals surface area contributed by atoms with Crippen LogP contribution in [-0.4, -0.2) is 10.7 Å². The molecule has 1 aromatic carbocycles. The normalized spacial score (nSPS) is 21.9. The second kappa shape index (κ2) is 3.91. The molecule has 1 aliphatic heterocycles. The maximum Gasteiger partial charge on any atom is 0.273 e. The standard InChI is InChI=1S/C12H15NO4/c1-8(2)7-12(3)16-10-5-4-9(13(14)15)6-11(10)17-12/h4-6,8H,7H2,1-3H3/t12-/m0/s1. The third-order valence-electron chi connectivity index (χ3n) is 2.57. The SMILES string of the molecule is CC(C)C[C@@]1(C)Oc2ccc([N+](=O)[O-])cc2O1. The zero-order valence-corrected chi connectivity index (χ0v) is 10.1. The molecule has 0 saturated carbocycles. The Bertz CT molecular complexity index is 458. The molecule has 0 saturated heterocycles. The molecule has 1 aliphatic rings. The molecule has 0 spiro atoms. The highest BCUT2D eigenvalue weighted by molar-refractivity contribution is 5.50. The van der Waals surface area contributed by atoms with E-state index < -0.39 is 10.7 Å². The third-order valence-corrected chi connectivity index (χ3v) is 2.57. The Morgan fingerprint density at radius 3 is 2.59 bits per heavy atom. The highest BCUT2D eigenvalue weighted by Gasteiger charge is 2.38. The monoisotopic (exact) mass is 237 g/mol. The molecule has 0 aromatic heterocycles. The molecule has 0 N–H and O–H groups in total. The summed E-state index contributed by atoms with van der Waals surface area (Å²) in [5.41, 5.74) is 0.0150. The summed E-state index contributed by atoms with van der Waals surface area (Å²) in [5.74, 6) is 0.719. The molecule has 1 atom stereocenters. The molecule has 0 bridgehead atoms. The average Bonchev–Trinajstić information content (AvgIpc) is 2.50. The summed E-state index contributed by atoms with van der Waals surface area (Å²) in [7, 11) is 0. The van der Waals surface area contributed by atoms with Crippen LogP contribution in [0, 0.1) is 16.0 Å². The minimum absolute atomic E-state index is 0.0150. The zero-order valence-electron chi connectivity index (χ0n) is 10.1. The smallest absolute Gasteiger partial charge is 0.273 e. The molecule has 0 unspecified atom stereocenters. The fraction of sp³-hybridized carbons (Fsp3) is 0.500. The molecule has 5 nitrogen and oxygen atoms in total. The Labute approximate surface area is 99.5 Å². The lowest BCUT2D eigenvalue weighted by molar-refractivity contribution is -0.384. The first-order valence-corrected chi connectivity index (χ1v) is 5.56. The van der Waals surface area contributed by atoms with Crippen molar-refractivity contribution in [2.24, 2.45) is 5.92 Å². The molecule has 0 aliphatic carbocycles. The van der Waals surface area contributed by atoms with Crippen molar-refractivity contribution in [3.05, 3.63) is 28.3 Å². The van der Waals surface area contributed by atoms with Gasteiger partial charge in [0.05, 0.1) is 11.0 Å². The summed E-state index contributed by atoms with van der Waals surface area (Å²) in [4.78, 5) is 10.2. The van der Waals surface area contributed by atoms with Gasteiger partial charge in [-0.15, -0.1) is 0 Å². The fourth-order valence-corrected chi connectivity index (χ4v) is 2.09. The van der Waals surface area contributed by atoms with Gasteiger partial charge >= 0.3 is 0 Å². The summed E-state index contributed by atoms with van der Waals surface area (Å²) >= 11 is 0. The van der Waals surface area contributed by atoms with E-state index in [-0.39, 0.29) is 5.69 Å². The van der Waals surface area contributed by atoms with Gasteiger partial charge in [-0.05, 0) is 12.0 Å². The molecule has 17 heavy (non-hydrogen) atoms. The van der Waals surface area contributed by atoms with Crippen LogP contribution in [0.25, 0.3) is 0 Å². The third kappa shape index (κ3) is 2.33. The molecule has 0 radical (unpaired) electrons. The maximum atomic E-state index is 10.6. The summed E-state index contributed by atoms with van der Waals surface area (Å²) < 4.78 is 11.4. The van der Waals surface area contributed by atoms with Gasteiger partial charge in [0, 0.05) is 19.4 Å². The molecule has 1 heterocycles. The van der Waals surface area contributed by atoms with E-state index in [1.165, 1.54) is 12.1 Å². The fourth-order valence-electron chi connectivity index (χ4n) is 2.09. The van der Waals surface area contributed by atoms with Crippen LogP contribution >= 0.6 is 0 Å². The van der Waals surface area contributed by atoms with Gasteiger partial charge in [0.1, 0.15) is 0 Å². The maximum absolute atomic E-state index is 10.6. The van der Waals surface area contributed by atoms with Gasteiger partial charge in [0.25, 0.3) is 5.69 Å². The highest BCUT2D eigenvalue weighted by Crippen LogP contribution is 2.43. The number of hydrogen-bond donors (Lipinski definition) is 0. The molecule has 0 amide bonds. The van der Waals surface area contributed by atoms with Crippen LogP contribution in [0.5, 0.6) is 11.5 Å².